The van der Waals surface area contributed by atoms with Crippen LogP contribution in [0.4, 0.5) is 46.9 Å². The molecule has 152 valence electrons. The topological polar surface area (TPSA) is 107 Å². The van der Waals surface area contributed by atoms with Gasteiger partial charge in [-0.1, -0.05) is 0 Å². The lowest BCUT2D eigenvalue weighted by Gasteiger charge is -2.20. The lowest BCUT2D eigenvalue weighted by atomic mass is 10.1. The van der Waals surface area contributed by atoms with Crippen LogP contribution in [0.1, 0.15) is 5.56 Å². The van der Waals surface area contributed by atoms with Crippen molar-refractivity contribution in [3.63, 3.8) is 0 Å². The van der Waals surface area contributed by atoms with Gasteiger partial charge in [0, 0.05) is 40.6 Å². The molecule has 2 heterocycles. The number of fused-ring (bicyclic) bond motifs is 1. The second-order valence-electron chi connectivity index (χ2n) is 6.40. The van der Waals surface area contributed by atoms with Gasteiger partial charge in [-0.25, -0.2) is 23.4 Å². The fourth-order valence-electron chi connectivity index (χ4n) is 2.88. The molecule has 3 aromatic rings. The molecule has 0 fully saturated rings. The molecule has 8 nitrogen and oxygen atoms in total. The molecule has 1 aromatic heterocycles. The quantitative estimate of drug-likeness (QED) is 0.440. The first-order chi connectivity index (χ1) is 14.5. The van der Waals surface area contributed by atoms with Crippen LogP contribution in [0.3, 0.4) is 0 Å². The first kappa shape index (κ1) is 19.1. The molecular weight excluding hydrogens is 394 g/mol. The first-order valence-electron chi connectivity index (χ1n) is 8.91. The third kappa shape index (κ3) is 4.27. The molecular formula is C20H16F2N6O2. The van der Waals surface area contributed by atoms with Gasteiger partial charge in [0.1, 0.15) is 5.82 Å². The Hall–Kier alpha value is -4.21. The van der Waals surface area contributed by atoms with Crippen molar-refractivity contribution in [1.82, 2.24) is 10.3 Å². The summed E-state index contributed by atoms with van der Waals surface area (Å²) < 4.78 is 26.2. The minimum atomic E-state index is -1.05. The van der Waals surface area contributed by atoms with E-state index in [0.29, 0.717) is 18.1 Å². The van der Waals surface area contributed by atoms with Crippen molar-refractivity contribution in [3.05, 3.63) is 71.9 Å². The van der Waals surface area contributed by atoms with Crippen molar-refractivity contribution in [2.24, 2.45) is 0 Å². The van der Waals surface area contributed by atoms with Crippen LogP contribution in [-0.4, -0.2) is 17.0 Å². The van der Waals surface area contributed by atoms with Gasteiger partial charge in [-0.05, 0) is 42.5 Å². The van der Waals surface area contributed by atoms with Crippen LogP contribution in [0.2, 0.25) is 0 Å². The minimum absolute atomic E-state index is 0.132. The van der Waals surface area contributed by atoms with Crippen molar-refractivity contribution in [1.29, 1.82) is 0 Å². The maximum absolute atomic E-state index is 13.2. The van der Waals surface area contributed by atoms with Crippen LogP contribution < -0.4 is 26.6 Å². The van der Waals surface area contributed by atoms with Crippen molar-refractivity contribution >= 4 is 40.6 Å². The van der Waals surface area contributed by atoms with E-state index in [9.17, 15) is 18.4 Å². The van der Waals surface area contributed by atoms with Gasteiger partial charge in [-0.15, -0.1) is 0 Å². The molecule has 10 heteroatoms. The van der Waals surface area contributed by atoms with Gasteiger partial charge in [0.15, 0.2) is 11.6 Å². The van der Waals surface area contributed by atoms with Crippen LogP contribution in [0, 0.1) is 11.6 Å². The summed E-state index contributed by atoms with van der Waals surface area (Å²) in [4.78, 5) is 27.6. The number of hydrogen-bond acceptors (Lipinski definition) is 4. The van der Waals surface area contributed by atoms with Crippen molar-refractivity contribution in [2.45, 2.75) is 6.54 Å². The van der Waals surface area contributed by atoms with Crippen molar-refractivity contribution in [3.8, 4) is 0 Å². The Morgan fingerprint density at radius 3 is 2.40 bits per heavy atom. The van der Waals surface area contributed by atoms with Crippen LogP contribution in [0.25, 0.3) is 0 Å². The van der Waals surface area contributed by atoms with Gasteiger partial charge >= 0.3 is 12.1 Å². The smallest absolute Gasteiger partial charge is 0.323 e. The van der Waals surface area contributed by atoms with E-state index in [0.717, 1.165) is 29.1 Å². The van der Waals surface area contributed by atoms with E-state index in [1.807, 2.05) is 0 Å². The van der Waals surface area contributed by atoms with E-state index in [1.165, 1.54) is 6.07 Å². The number of carbonyl (C=O) groups is 2. The van der Waals surface area contributed by atoms with E-state index in [2.05, 4.69) is 31.6 Å². The largest absolute Gasteiger partial charge is 0.355 e. The summed E-state index contributed by atoms with van der Waals surface area (Å²) in [6.07, 6.45) is 1.59. The number of carbonyl (C=O) groups excluding carboxylic acids is 2. The van der Waals surface area contributed by atoms with E-state index < -0.39 is 17.7 Å². The zero-order valence-electron chi connectivity index (χ0n) is 15.4. The molecule has 1 aliphatic heterocycles. The Bertz CT molecular complexity index is 1120. The van der Waals surface area contributed by atoms with E-state index >= 15 is 0 Å². The molecule has 0 spiro atoms. The highest BCUT2D eigenvalue weighted by atomic mass is 19.2. The predicted molar refractivity (Wildman–Crippen MR) is 109 cm³/mol. The molecule has 0 aliphatic carbocycles. The SMILES string of the molecule is O=C(Nc1ccc(Nc2ccnc3c2CNC(=O)N3)cc1)Nc1ccc(F)c(F)c1. The summed E-state index contributed by atoms with van der Waals surface area (Å²) in [6.45, 7) is 0.348. The summed E-state index contributed by atoms with van der Waals surface area (Å²) in [5, 5.41) is 13.6. The third-order valence-corrected chi connectivity index (χ3v) is 4.31. The van der Waals surface area contributed by atoms with Crippen LogP contribution in [0.5, 0.6) is 0 Å². The minimum Gasteiger partial charge on any atom is -0.355 e. The second kappa shape index (κ2) is 8.03. The second-order valence-corrected chi connectivity index (χ2v) is 6.40. The summed E-state index contributed by atoms with van der Waals surface area (Å²) in [5.74, 6) is -1.54. The first-order valence-corrected chi connectivity index (χ1v) is 8.91. The zero-order chi connectivity index (χ0) is 21.1. The number of anilines is 5. The highest BCUT2D eigenvalue weighted by Crippen LogP contribution is 2.28. The van der Waals surface area contributed by atoms with Crippen LogP contribution >= 0.6 is 0 Å². The van der Waals surface area contributed by atoms with E-state index in [-0.39, 0.29) is 11.7 Å². The number of hydrogen-bond donors (Lipinski definition) is 5. The molecule has 2 aromatic carbocycles. The highest BCUT2D eigenvalue weighted by molar-refractivity contribution is 5.99. The molecule has 5 N–H and O–H groups in total. The summed E-state index contributed by atoms with van der Waals surface area (Å²) >= 11 is 0. The number of nitrogens with one attached hydrogen (secondary N) is 5. The Morgan fingerprint density at radius 2 is 1.63 bits per heavy atom. The molecule has 1 aliphatic rings. The highest BCUT2D eigenvalue weighted by Gasteiger charge is 2.18. The lowest BCUT2D eigenvalue weighted by molar-refractivity contribution is 0.250. The fourth-order valence-corrected chi connectivity index (χ4v) is 2.88. The maximum atomic E-state index is 13.2. The standard InChI is InChI=1S/C20H16F2N6O2/c21-15-6-5-13(9-16(15)22)27-20(30)26-12-3-1-11(2-4-12)25-17-7-8-23-18-14(17)10-24-19(29)28-18/h1-9H,10H2,(H2,26,27,30)(H3,23,24,25,28,29). The molecule has 0 saturated heterocycles. The summed E-state index contributed by atoms with van der Waals surface area (Å²) in [5.41, 5.74) is 3.00. The molecule has 0 radical (unpaired) electrons. The average molecular weight is 410 g/mol. The molecule has 0 unspecified atom stereocenters. The monoisotopic (exact) mass is 410 g/mol. The molecule has 0 atom stereocenters. The van der Waals surface area contributed by atoms with Gasteiger partial charge in [0.2, 0.25) is 0 Å². The van der Waals surface area contributed by atoms with Gasteiger partial charge < -0.3 is 21.3 Å². The van der Waals surface area contributed by atoms with Crippen molar-refractivity contribution in [2.75, 3.05) is 21.3 Å². The summed E-state index contributed by atoms with van der Waals surface area (Å²) in [7, 11) is 0. The normalized spacial score (nSPS) is 12.3. The van der Waals surface area contributed by atoms with Crippen LogP contribution in [-0.2, 0) is 6.54 Å². The van der Waals surface area contributed by atoms with Crippen LogP contribution in [0.15, 0.2) is 54.7 Å². The van der Waals surface area contributed by atoms with Crippen molar-refractivity contribution < 1.29 is 18.4 Å². The molecule has 30 heavy (non-hydrogen) atoms. The van der Waals surface area contributed by atoms with Gasteiger partial charge in [-0.3, -0.25) is 5.32 Å². The number of rotatable bonds is 4. The Balaban J connectivity index is 1.40. The van der Waals surface area contributed by atoms with E-state index in [4.69, 9.17) is 0 Å². The fraction of sp³-hybridized carbons (Fsp3) is 0.0500. The third-order valence-electron chi connectivity index (χ3n) is 4.31. The molecule has 0 saturated carbocycles. The zero-order valence-corrected chi connectivity index (χ0v) is 15.4. The average Bonchev–Trinajstić information content (AvgIpc) is 2.72. The lowest BCUT2D eigenvalue weighted by Crippen LogP contribution is -2.34. The van der Waals surface area contributed by atoms with Gasteiger partial charge in [-0.2, -0.15) is 0 Å². The number of aromatic nitrogens is 1. The maximum Gasteiger partial charge on any atom is 0.323 e. The number of nitrogens with zero attached hydrogens (tertiary/aromatic N) is 1. The van der Waals surface area contributed by atoms with Gasteiger partial charge in [0.05, 0.1) is 6.54 Å². The van der Waals surface area contributed by atoms with E-state index in [1.54, 1.807) is 36.5 Å². The number of urea groups is 2. The number of halogens is 2. The Labute approximate surface area is 169 Å². The predicted octanol–water partition coefficient (Wildman–Crippen LogP) is 4.38. The molecule has 4 amide bonds. The number of amides is 4. The molecule has 4 rings (SSSR count). The Morgan fingerprint density at radius 1 is 0.933 bits per heavy atom. The molecule has 0 bridgehead atoms. The summed E-state index contributed by atoms with van der Waals surface area (Å²) in [6, 6.07) is 10.9. The Kier molecular flexibility index (Phi) is 5.12. The number of pyridine rings is 1. The van der Waals surface area contributed by atoms with Gasteiger partial charge in [0.25, 0.3) is 0 Å². The number of benzene rings is 2.